The van der Waals surface area contributed by atoms with Gasteiger partial charge in [0.15, 0.2) is 0 Å². The summed E-state index contributed by atoms with van der Waals surface area (Å²) in [6.45, 7) is 1.68. The number of rotatable bonds is 3. The van der Waals surface area contributed by atoms with Gasteiger partial charge in [-0.25, -0.2) is 0 Å². The summed E-state index contributed by atoms with van der Waals surface area (Å²) in [6.07, 6.45) is 0. The average Bonchev–Trinajstić information content (AvgIpc) is 2.26. The summed E-state index contributed by atoms with van der Waals surface area (Å²) in [5, 5.41) is 10.6. The van der Waals surface area contributed by atoms with Gasteiger partial charge in [0, 0.05) is 6.07 Å². The number of carbonyl (C=O) groups excluding carboxylic acids is 1. The van der Waals surface area contributed by atoms with Gasteiger partial charge >= 0.3 is 5.97 Å². The van der Waals surface area contributed by atoms with Crippen LogP contribution in [-0.2, 0) is 9.53 Å². The van der Waals surface area contributed by atoms with Crippen LogP contribution in [0.25, 0.3) is 0 Å². The number of nitro groups is 1. The molecule has 1 unspecified atom stereocenters. The van der Waals surface area contributed by atoms with E-state index in [-0.39, 0.29) is 11.7 Å². The monoisotopic (exact) mass is 287 g/mol. The van der Waals surface area contributed by atoms with E-state index in [2.05, 4.69) is 20.7 Å². The lowest BCUT2D eigenvalue weighted by Gasteiger charge is -2.09. The molecule has 1 aromatic rings. The summed E-state index contributed by atoms with van der Waals surface area (Å²) in [4.78, 5) is 21.4. The number of esters is 1. The first-order chi connectivity index (χ1) is 7.47. The molecule has 0 N–H and O–H groups in total. The lowest BCUT2D eigenvalue weighted by Crippen LogP contribution is -2.10. The van der Waals surface area contributed by atoms with Crippen LogP contribution < -0.4 is 0 Å². The van der Waals surface area contributed by atoms with Crippen molar-refractivity contribution in [1.82, 2.24) is 0 Å². The van der Waals surface area contributed by atoms with E-state index in [0.717, 1.165) is 0 Å². The number of ether oxygens (including phenoxy) is 1. The van der Waals surface area contributed by atoms with E-state index < -0.39 is 10.8 Å². The second-order valence-electron chi connectivity index (χ2n) is 3.21. The minimum atomic E-state index is -0.489. The maximum absolute atomic E-state index is 11.3. The van der Waals surface area contributed by atoms with Crippen LogP contribution >= 0.6 is 15.9 Å². The number of hydrogen-bond donors (Lipinski definition) is 0. The summed E-state index contributed by atoms with van der Waals surface area (Å²) in [6, 6.07) is 4.46. The van der Waals surface area contributed by atoms with Gasteiger partial charge in [-0.15, -0.1) is 0 Å². The van der Waals surface area contributed by atoms with Crippen LogP contribution in [0.5, 0.6) is 0 Å². The average molecular weight is 288 g/mol. The quantitative estimate of drug-likeness (QED) is 0.487. The Hall–Kier alpha value is -1.43. The SMILES string of the molecule is COC(=O)C(C)c1ccc([N+](=O)[O-])c(Br)c1. The Kier molecular flexibility index (Phi) is 4.00. The van der Waals surface area contributed by atoms with E-state index >= 15 is 0 Å². The van der Waals surface area contributed by atoms with Crippen molar-refractivity contribution in [2.45, 2.75) is 12.8 Å². The van der Waals surface area contributed by atoms with E-state index in [1.54, 1.807) is 19.1 Å². The molecule has 86 valence electrons. The maximum atomic E-state index is 11.3. The van der Waals surface area contributed by atoms with Gasteiger partial charge in [-0.3, -0.25) is 14.9 Å². The van der Waals surface area contributed by atoms with E-state index in [1.807, 2.05) is 0 Å². The molecule has 0 saturated carbocycles. The summed E-state index contributed by atoms with van der Waals surface area (Å²) in [5.41, 5.74) is 0.644. The van der Waals surface area contributed by atoms with Crippen molar-refractivity contribution in [2.24, 2.45) is 0 Å². The van der Waals surface area contributed by atoms with Gasteiger partial charge in [0.25, 0.3) is 5.69 Å². The predicted octanol–water partition coefficient (Wildman–Crippen LogP) is 2.63. The number of carbonyl (C=O) groups is 1. The number of methoxy groups -OCH3 is 1. The van der Waals surface area contributed by atoms with Gasteiger partial charge in [0.1, 0.15) is 0 Å². The highest BCUT2D eigenvalue weighted by atomic mass is 79.9. The lowest BCUT2D eigenvalue weighted by molar-refractivity contribution is -0.385. The largest absolute Gasteiger partial charge is 0.469 e. The maximum Gasteiger partial charge on any atom is 0.312 e. The first kappa shape index (κ1) is 12.6. The smallest absolute Gasteiger partial charge is 0.312 e. The number of benzene rings is 1. The molecule has 0 aliphatic carbocycles. The summed E-state index contributed by atoms with van der Waals surface area (Å²) in [5.74, 6) is -0.817. The second-order valence-corrected chi connectivity index (χ2v) is 4.07. The first-order valence-corrected chi connectivity index (χ1v) is 5.28. The van der Waals surface area contributed by atoms with Gasteiger partial charge in [-0.1, -0.05) is 6.07 Å². The fourth-order valence-corrected chi connectivity index (χ4v) is 1.79. The number of hydrogen-bond acceptors (Lipinski definition) is 4. The predicted molar refractivity (Wildman–Crippen MR) is 61.2 cm³/mol. The molecular weight excluding hydrogens is 278 g/mol. The highest BCUT2D eigenvalue weighted by Crippen LogP contribution is 2.28. The van der Waals surface area contributed by atoms with Gasteiger partial charge in [0.05, 0.1) is 22.4 Å². The third-order valence-corrected chi connectivity index (χ3v) is 2.86. The summed E-state index contributed by atoms with van der Waals surface area (Å²) < 4.78 is 4.95. The Bertz CT molecular complexity index is 433. The third kappa shape index (κ3) is 2.57. The van der Waals surface area contributed by atoms with E-state index in [9.17, 15) is 14.9 Å². The van der Waals surface area contributed by atoms with Crippen LogP contribution in [0.15, 0.2) is 22.7 Å². The van der Waals surface area contributed by atoms with Crippen LogP contribution in [0.4, 0.5) is 5.69 Å². The third-order valence-electron chi connectivity index (χ3n) is 2.22. The van der Waals surface area contributed by atoms with Gasteiger partial charge in [0.2, 0.25) is 0 Å². The van der Waals surface area contributed by atoms with Crippen LogP contribution in [0.3, 0.4) is 0 Å². The van der Waals surface area contributed by atoms with Gasteiger partial charge < -0.3 is 4.74 Å². The Morgan fingerprint density at radius 3 is 2.62 bits per heavy atom. The molecule has 0 aliphatic rings. The van der Waals surface area contributed by atoms with Crippen molar-refractivity contribution in [3.8, 4) is 0 Å². The molecule has 16 heavy (non-hydrogen) atoms. The van der Waals surface area contributed by atoms with Crippen LogP contribution in [0, 0.1) is 10.1 Å². The van der Waals surface area contributed by atoms with Crippen LogP contribution in [0.1, 0.15) is 18.4 Å². The van der Waals surface area contributed by atoms with Crippen molar-refractivity contribution in [3.05, 3.63) is 38.3 Å². The molecule has 0 fully saturated rings. The lowest BCUT2D eigenvalue weighted by atomic mass is 10.0. The fraction of sp³-hybridized carbons (Fsp3) is 0.300. The van der Waals surface area contributed by atoms with Crippen molar-refractivity contribution in [1.29, 1.82) is 0 Å². The second kappa shape index (κ2) is 5.07. The van der Waals surface area contributed by atoms with Crippen molar-refractivity contribution in [2.75, 3.05) is 7.11 Å². The molecule has 5 nitrogen and oxygen atoms in total. The number of nitrogens with zero attached hydrogens (tertiary/aromatic N) is 1. The molecule has 0 radical (unpaired) electrons. The summed E-state index contributed by atoms with van der Waals surface area (Å²) in [7, 11) is 1.30. The Balaban J connectivity index is 3.06. The zero-order valence-corrected chi connectivity index (χ0v) is 10.4. The molecule has 1 rings (SSSR count). The van der Waals surface area contributed by atoms with Crippen LogP contribution in [0.2, 0.25) is 0 Å². The van der Waals surface area contributed by atoms with Crippen molar-refractivity contribution >= 4 is 27.6 Å². The molecule has 1 atom stereocenters. The molecule has 6 heteroatoms. The molecule has 0 saturated heterocycles. The molecule has 0 aliphatic heterocycles. The zero-order chi connectivity index (χ0) is 12.3. The first-order valence-electron chi connectivity index (χ1n) is 4.49. The highest BCUT2D eigenvalue weighted by molar-refractivity contribution is 9.10. The molecule has 0 aromatic heterocycles. The minimum Gasteiger partial charge on any atom is -0.469 e. The molecule has 0 heterocycles. The van der Waals surface area contributed by atoms with E-state index in [4.69, 9.17) is 0 Å². The molecule has 1 aromatic carbocycles. The number of halogens is 1. The normalized spacial score (nSPS) is 11.9. The minimum absolute atomic E-state index is 0.0270. The standard InChI is InChI=1S/C10H10BrNO4/c1-6(10(13)16-2)7-3-4-9(12(14)15)8(11)5-7/h3-6H,1-2H3. The molecule has 0 bridgehead atoms. The van der Waals surface area contributed by atoms with Crippen molar-refractivity contribution < 1.29 is 14.5 Å². The molecule has 0 amide bonds. The van der Waals surface area contributed by atoms with Crippen molar-refractivity contribution in [3.63, 3.8) is 0 Å². The Morgan fingerprint density at radius 2 is 2.19 bits per heavy atom. The fourth-order valence-electron chi connectivity index (χ4n) is 1.25. The number of nitro benzene ring substituents is 1. The Morgan fingerprint density at radius 1 is 1.56 bits per heavy atom. The zero-order valence-electron chi connectivity index (χ0n) is 8.77. The summed E-state index contributed by atoms with van der Waals surface area (Å²) >= 11 is 3.09. The molecular formula is C10H10BrNO4. The van der Waals surface area contributed by atoms with Gasteiger partial charge in [-0.05, 0) is 34.5 Å². The van der Waals surface area contributed by atoms with E-state index in [0.29, 0.717) is 10.0 Å². The van der Waals surface area contributed by atoms with Gasteiger partial charge in [-0.2, -0.15) is 0 Å². The Labute approximate surface area is 101 Å². The van der Waals surface area contributed by atoms with Crippen LogP contribution in [-0.4, -0.2) is 18.0 Å². The molecule has 0 spiro atoms. The highest BCUT2D eigenvalue weighted by Gasteiger charge is 2.19. The van der Waals surface area contributed by atoms with E-state index in [1.165, 1.54) is 13.2 Å². The topological polar surface area (TPSA) is 69.4 Å².